The lowest BCUT2D eigenvalue weighted by Crippen LogP contribution is -2.32. The van der Waals surface area contributed by atoms with Crippen molar-refractivity contribution >= 4 is 57.6 Å². The van der Waals surface area contributed by atoms with Crippen molar-refractivity contribution in [3.05, 3.63) is 39.4 Å². The Morgan fingerprint density at radius 1 is 1.26 bits per heavy atom. The minimum absolute atomic E-state index is 0.220. The number of ether oxygens (including phenoxy) is 1. The van der Waals surface area contributed by atoms with Crippen molar-refractivity contribution in [2.24, 2.45) is 0 Å². The predicted octanol–water partition coefficient (Wildman–Crippen LogP) is 2.35. The number of aromatic nitrogens is 3. The lowest BCUT2D eigenvalue weighted by Gasteiger charge is -2.18. The molecule has 3 aromatic heterocycles. The number of halogens is 1. The van der Waals surface area contributed by atoms with Gasteiger partial charge in [-0.2, -0.15) is 0 Å². The maximum atomic E-state index is 13.0. The quantitative estimate of drug-likeness (QED) is 0.594. The Balaban J connectivity index is 1.61. The highest BCUT2D eigenvalue weighted by Crippen LogP contribution is 2.28. The van der Waals surface area contributed by atoms with Gasteiger partial charge in [-0.1, -0.05) is 11.6 Å². The number of carbonyl (C=O) groups excluding carboxylic acids is 2. The van der Waals surface area contributed by atoms with E-state index >= 15 is 0 Å². The second kappa shape index (κ2) is 9.00. The molecule has 2 N–H and O–H groups in total. The van der Waals surface area contributed by atoms with Gasteiger partial charge in [0.05, 0.1) is 17.1 Å². The number of thiophene rings is 1. The third kappa shape index (κ3) is 4.53. The standard InChI is InChI=1S/C19H18ClN5O5S/c20-11-2-3-13(21-8-11)22-14(26)9-25-12-10-31-16(15(12)23-17(25)19(28)29)18(27)24-4-1-6-30-7-5-24/h2-3,8,10H,1,4-7,9H2,(H,28,29)(H,21,22,26). The molecule has 1 aliphatic rings. The van der Waals surface area contributed by atoms with Crippen LogP contribution in [0.4, 0.5) is 5.82 Å². The van der Waals surface area contributed by atoms with Crippen molar-refractivity contribution in [3.8, 4) is 0 Å². The van der Waals surface area contributed by atoms with Crippen molar-refractivity contribution in [2.45, 2.75) is 13.0 Å². The van der Waals surface area contributed by atoms with Crippen LogP contribution >= 0.6 is 22.9 Å². The molecular formula is C19H18ClN5O5S. The average Bonchev–Trinajstić information content (AvgIpc) is 3.18. The number of hydrogen-bond acceptors (Lipinski definition) is 7. The monoisotopic (exact) mass is 463 g/mol. The van der Waals surface area contributed by atoms with Gasteiger partial charge in [-0.05, 0) is 18.6 Å². The normalized spacial score (nSPS) is 14.4. The molecule has 3 aromatic rings. The SMILES string of the molecule is O=C(Cn1c(C(=O)O)nc2c(C(=O)N3CCCOCC3)scc21)Nc1ccc(Cl)cn1. The van der Waals surface area contributed by atoms with Gasteiger partial charge in [0.25, 0.3) is 5.91 Å². The highest BCUT2D eigenvalue weighted by Gasteiger charge is 2.27. The Labute approximate surface area is 185 Å². The Bertz CT molecular complexity index is 1130. The van der Waals surface area contributed by atoms with Gasteiger partial charge in [-0.3, -0.25) is 9.59 Å². The van der Waals surface area contributed by atoms with Gasteiger partial charge in [0.2, 0.25) is 11.7 Å². The summed E-state index contributed by atoms with van der Waals surface area (Å²) in [5.41, 5.74) is 0.686. The summed E-state index contributed by atoms with van der Waals surface area (Å²) in [5.74, 6) is -2.03. The lowest BCUT2D eigenvalue weighted by atomic mass is 10.3. The molecule has 0 unspecified atom stereocenters. The predicted molar refractivity (Wildman–Crippen MR) is 114 cm³/mol. The van der Waals surface area contributed by atoms with Gasteiger partial charge in [0.1, 0.15) is 22.8 Å². The molecule has 0 radical (unpaired) electrons. The molecule has 0 bridgehead atoms. The van der Waals surface area contributed by atoms with Crippen LogP contribution in [0.2, 0.25) is 5.02 Å². The van der Waals surface area contributed by atoms with Crippen LogP contribution in [0.15, 0.2) is 23.7 Å². The average molecular weight is 464 g/mol. The first-order valence-electron chi connectivity index (χ1n) is 9.43. The van der Waals surface area contributed by atoms with Crippen LogP contribution in [0.1, 0.15) is 26.7 Å². The summed E-state index contributed by atoms with van der Waals surface area (Å²) in [6, 6.07) is 3.11. The summed E-state index contributed by atoms with van der Waals surface area (Å²) >= 11 is 6.97. The van der Waals surface area contributed by atoms with E-state index in [2.05, 4.69) is 15.3 Å². The van der Waals surface area contributed by atoms with E-state index in [-0.39, 0.29) is 29.6 Å². The molecule has 10 nitrogen and oxygen atoms in total. The Kier molecular flexibility index (Phi) is 6.16. The summed E-state index contributed by atoms with van der Waals surface area (Å²) in [5, 5.41) is 14.2. The van der Waals surface area contributed by atoms with Crippen LogP contribution in [-0.2, 0) is 16.1 Å². The number of imidazole rings is 1. The molecule has 0 aromatic carbocycles. The minimum Gasteiger partial charge on any atom is -0.475 e. The fraction of sp³-hybridized carbons (Fsp3) is 0.316. The van der Waals surface area contributed by atoms with Gasteiger partial charge in [0.15, 0.2) is 0 Å². The number of carboxylic acid groups (broad SMARTS) is 1. The van der Waals surface area contributed by atoms with Crippen LogP contribution < -0.4 is 5.32 Å². The third-order valence-electron chi connectivity index (χ3n) is 4.70. The van der Waals surface area contributed by atoms with Crippen molar-refractivity contribution in [1.29, 1.82) is 0 Å². The molecule has 31 heavy (non-hydrogen) atoms. The van der Waals surface area contributed by atoms with Crippen LogP contribution in [0.25, 0.3) is 11.0 Å². The second-order valence-electron chi connectivity index (χ2n) is 6.79. The topological polar surface area (TPSA) is 127 Å². The highest BCUT2D eigenvalue weighted by atomic mass is 35.5. The maximum Gasteiger partial charge on any atom is 0.372 e. The molecule has 0 atom stereocenters. The number of fused-ring (bicyclic) bond motifs is 1. The largest absolute Gasteiger partial charge is 0.475 e. The highest BCUT2D eigenvalue weighted by molar-refractivity contribution is 7.13. The van der Waals surface area contributed by atoms with E-state index in [1.54, 1.807) is 16.3 Å². The molecule has 2 amide bonds. The Morgan fingerprint density at radius 2 is 2.10 bits per heavy atom. The second-order valence-corrected chi connectivity index (χ2v) is 8.11. The van der Waals surface area contributed by atoms with Gasteiger partial charge < -0.3 is 24.6 Å². The van der Waals surface area contributed by atoms with E-state index in [0.717, 1.165) is 6.42 Å². The van der Waals surface area contributed by atoms with E-state index in [4.69, 9.17) is 16.3 Å². The molecule has 1 aliphatic heterocycles. The number of hydrogen-bond donors (Lipinski definition) is 2. The molecule has 0 saturated carbocycles. The fourth-order valence-corrected chi connectivity index (χ4v) is 4.34. The van der Waals surface area contributed by atoms with Crippen molar-refractivity contribution < 1.29 is 24.2 Å². The van der Waals surface area contributed by atoms with E-state index in [1.165, 1.54) is 28.2 Å². The lowest BCUT2D eigenvalue weighted by molar-refractivity contribution is -0.116. The van der Waals surface area contributed by atoms with Crippen molar-refractivity contribution in [3.63, 3.8) is 0 Å². The first kappa shape index (κ1) is 21.2. The van der Waals surface area contributed by atoms with Crippen LogP contribution in [0.3, 0.4) is 0 Å². The van der Waals surface area contributed by atoms with E-state index < -0.39 is 11.9 Å². The number of carboxylic acids is 1. The molecule has 12 heteroatoms. The molecule has 0 spiro atoms. The van der Waals surface area contributed by atoms with Crippen LogP contribution in [0, 0.1) is 0 Å². The summed E-state index contributed by atoms with van der Waals surface area (Å²) in [4.78, 5) is 47.4. The number of anilines is 1. The number of aromatic carboxylic acids is 1. The molecule has 4 rings (SSSR count). The van der Waals surface area contributed by atoms with E-state index in [9.17, 15) is 19.5 Å². The number of rotatable bonds is 5. The van der Waals surface area contributed by atoms with Crippen LogP contribution in [0.5, 0.6) is 0 Å². The number of pyridine rings is 1. The fourth-order valence-electron chi connectivity index (χ4n) is 3.27. The third-order valence-corrected chi connectivity index (χ3v) is 5.87. The van der Waals surface area contributed by atoms with E-state index in [0.29, 0.717) is 41.7 Å². The number of nitrogens with zero attached hydrogens (tertiary/aromatic N) is 4. The van der Waals surface area contributed by atoms with E-state index in [1.807, 2.05) is 0 Å². The summed E-state index contributed by atoms with van der Waals surface area (Å²) in [6.45, 7) is 1.76. The molecule has 162 valence electrons. The van der Waals surface area contributed by atoms with Gasteiger partial charge >= 0.3 is 5.97 Å². The minimum atomic E-state index is -1.29. The van der Waals surface area contributed by atoms with Crippen molar-refractivity contribution in [2.75, 3.05) is 31.6 Å². The molecule has 4 heterocycles. The summed E-state index contributed by atoms with van der Waals surface area (Å²) in [7, 11) is 0. The maximum absolute atomic E-state index is 13.0. The summed E-state index contributed by atoms with van der Waals surface area (Å²) in [6.07, 6.45) is 2.12. The zero-order chi connectivity index (χ0) is 22.0. The molecule has 0 aliphatic carbocycles. The Hall–Kier alpha value is -3.02. The zero-order valence-electron chi connectivity index (χ0n) is 16.2. The van der Waals surface area contributed by atoms with Gasteiger partial charge in [-0.15, -0.1) is 11.3 Å². The first-order chi connectivity index (χ1) is 14.9. The molecule has 1 saturated heterocycles. The number of amides is 2. The van der Waals surface area contributed by atoms with Gasteiger partial charge in [0, 0.05) is 31.3 Å². The van der Waals surface area contributed by atoms with Crippen molar-refractivity contribution in [1.82, 2.24) is 19.4 Å². The number of nitrogens with one attached hydrogen (secondary N) is 1. The zero-order valence-corrected chi connectivity index (χ0v) is 17.8. The molecular weight excluding hydrogens is 446 g/mol. The Morgan fingerprint density at radius 3 is 2.84 bits per heavy atom. The first-order valence-corrected chi connectivity index (χ1v) is 10.7. The van der Waals surface area contributed by atoms with Crippen LogP contribution in [-0.4, -0.2) is 68.6 Å². The number of carbonyl (C=O) groups is 3. The molecule has 1 fully saturated rings. The summed E-state index contributed by atoms with van der Waals surface area (Å²) < 4.78 is 6.67. The smallest absolute Gasteiger partial charge is 0.372 e. The van der Waals surface area contributed by atoms with Gasteiger partial charge in [-0.25, -0.2) is 14.8 Å².